The molecular formula is C21H26F3NO2. The van der Waals surface area contributed by atoms with Crippen LogP contribution in [0.5, 0.6) is 5.75 Å². The number of fused-ring (bicyclic) bond motifs is 1. The second kappa shape index (κ2) is 8.05. The van der Waals surface area contributed by atoms with Gasteiger partial charge in [-0.1, -0.05) is 24.6 Å². The van der Waals surface area contributed by atoms with Gasteiger partial charge in [0.25, 0.3) is 0 Å². The molecule has 27 heavy (non-hydrogen) atoms. The van der Waals surface area contributed by atoms with E-state index in [1.165, 1.54) is 11.1 Å². The number of rotatable bonds is 7. The van der Waals surface area contributed by atoms with Crippen molar-refractivity contribution >= 4 is 11.9 Å². The van der Waals surface area contributed by atoms with Crippen molar-refractivity contribution in [3.05, 3.63) is 34.9 Å². The zero-order valence-electron chi connectivity index (χ0n) is 15.8. The standard InChI is InChI=1S/C21H26F3NO2/c1-14-8-17-10-20(27-7-3-6-21(22,23)24)5-4-16(17)9-18(14)11-25-12-19(13-25)15(2)26/h4-5,9-10,14,19H,3,6-8,11-13H2,1-2H3/t14-/m0/s1. The number of hydrogen-bond donors (Lipinski definition) is 0. The van der Waals surface area contributed by atoms with Gasteiger partial charge in [0.2, 0.25) is 0 Å². The van der Waals surface area contributed by atoms with Gasteiger partial charge in [-0.3, -0.25) is 9.69 Å². The molecule has 0 radical (unpaired) electrons. The number of ether oxygens (including phenoxy) is 1. The van der Waals surface area contributed by atoms with E-state index < -0.39 is 12.6 Å². The minimum atomic E-state index is -4.13. The molecule has 1 aromatic rings. The molecule has 0 unspecified atom stereocenters. The maximum atomic E-state index is 12.2. The summed E-state index contributed by atoms with van der Waals surface area (Å²) in [5.74, 6) is 1.49. The molecule has 148 valence electrons. The molecule has 0 spiro atoms. The van der Waals surface area contributed by atoms with Crippen LogP contribution >= 0.6 is 0 Å². The SMILES string of the molecule is CC(=O)C1CN(CC2=Cc3ccc(OCCCC(F)(F)F)cc3C[C@@H]2C)C1. The highest BCUT2D eigenvalue weighted by molar-refractivity contribution is 5.79. The fraction of sp³-hybridized carbons (Fsp3) is 0.571. The van der Waals surface area contributed by atoms with Crippen molar-refractivity contribution < 1.29 is 22.7 Å². The topological polar surface area (TPSA) is 29.5 Å². The van der Waals surface area contributed by atoms with Crippen molar-refractivity contribution in [3.63, 3.8) is 0 Å². The van der Waals surface area contributed by atoms with Crippen molar-refractivity contribution in [2.75, 3.05) is 26.2 Å². The van der Waals surface area contributed by atoms with Crippen LogP contribution in [-0.2, 0) is 11.2 Å². The van der Waals surface area contributed by atoms with Gasteiger partial charge in [-0.15, -0.1) is 0 Å². The maximum Gasteiger partial charge on any atom is 0.389 e. The average molecular weight is 381 g/mol. The van der Waals surface area contributed by atoms with Crippen LogP contribution in [0.2, 0.25) is 0 Å². The maximum absolute atomic E-state index is 12.2. The number of benzene rings is 1. The van der Waals surface area contributed by atoms with E-state index in [-0.39, 0.29) is 24.7 Å². The van der Waals surface area contributed by atoms with Crippen LogP contribution < -0.4 is 4.74 Å². The van der Waals surface area contributed by atoms with Gasteiger partial charge < -0.3 is 4.74 Å². The Morgan fingerprint density at radius 3 is 2.70 bits per heavy atom. The zero-order valence-corrected chi connectivity index (χ0v) is 15.8. The third kappa shape index (κ3) is 5.34. The Morgan fingerprint density at radius 1 is 1.30 bits per heavy atom. The molecule has 1 aliphatic heterocycles. The molecule has 1 fully saturated rings. The molecule has 0 amide bonds. The molecule has 0 bridgehead atoms. The van der Waals surface area contributed by atoms with Crippen LogP contribution in [0.25, 0.3) is 6.08 Å². The summed E-state index contributed by atoms with van der Waals surface area (Å²) >= 11 is 0. The number of halogens is 3. The number of Topliss-reactive ketones (excluding diaryl/α,β-unsaturated/α-hetero) is 1. The van der Waals surface area contributed by atoms with E-state index in [1.807, 2.05) is 18.2 Å². The second-order valence-corrected chi connectivity index (χ2v) is 7.75. The first-order valence-electron chi connectivity index (χ1n) is 9.47. The Labute approximate surface area is 158 Å². The molecule has 1 heterocycles. The lowest BCUT2D eigenvalue weighted by atomic mass is 9.83. The Hall–Kier alpha value is -1.82. The normalized spacial score (nSPS) is 20.6. The van der Waals surface area contributed by atoms with Gasteiger partial charge in [0, 0.05) is 32.0 Å². The highest BCUT2D eigenvalue weighted by Gasteiger charge is 2.31. The monoisotopic (exact) mass is 381 g/mol. The van der Waals surface area contributed by atoms with Crippen LogP contribution in [0.15, 0.2) is 23.8 Å². The van der Waals surface area contributed by atoms with E-state index in [9.17, 15) is 18.0 Å². The van der Waals surface area contributed by atoms with E-state index in [1.54, 1.807) is 6.92 Å². The minimum Gasteiger partial charge on any atom is -0.494 e. The summed E-state index contributed by atoms with van der Waals surface area (Å²) in [5, 5.41) is 0. The predicted octanol–water partition coefficient (Wildman–Crippen LogP) is 4.50. The third-order valence-corrected chi connectivity index (χ3v) is 5.43. The number of carbonyl (C=O) groups excluding carboxylic acids is 1. The summed E-state index contributed by atoms with van der Waals surface area (Å²) in [5.41, 5.74) is 3.68. The molecule has 6 heteroatoms. The molecule has 3 nitrogen and oxygen atoms in total. The summed E-state index contributed by atoms with van der Waals surface area (Å²) in [4.78, 5) is 13.7. The predicted molar refractivity (Wildman–Crippen MR) is 98.7 cm³/mol. The van der Waals surface area contributed by atoms with Gasteiger partial charge in [-0.25, -0.2) is 0 Å². The number of hydrogen-bond acceptors (Lipinski definition) is 3. The van der Waals surface area contributed by atoms with Crippen molar-refractivity contribution in [1.82, 2.24) is 4.90 Å². The molecule has 1 aliphatic carbocycles. The molecule has 1 saturated heterocycles. The fourth-order valence-electron chi connectivity index (χ4n) is 3.67. The number of carbonyl (C=O) groups is 1. The van der Waals surface area contributed by atoms with Gasteiger partial charge >= 0.3 is 6.18 Å². The largest absolute Gasteiger partial charge is 0.494 e. The molecular weight excluding hydrogens is 355 g/mol. The quantitative estimate of drug-likeness (QED) is 0.651. The number of alkyl halides is 3. The smallest absolute Gasteiger partial charge is 0.389 e. The van der Waals surface area contributed by atoms with Crippen LogP contribution in [0, 0.1) is 11.8 Å². The highest BCUT2D eigenvalue weighted by atomic mass is 19.4. The van der Waals surface area contributed by atoms with E-state index in [0.717, 1.165) is 31.6 Å². The van der Waals surface area contributed by atoms with Gasteiger partial charge in [0.05, 0.1) is 6.61 Å². The summed E-state index contributed by atoms with van der Waals surface area (Å²) in [6, 6.07) is 5.75. The lowest BCUT2D eigenvalue weighted by Crippen LogP contribution is -2.50. The van der Waals surface area contributed by atoms with Crippen molar-refractivity contribution in [2.24, 2.45) is 11.8 Å². The Morgan fingerprint density at radius 2 is 2.04 bits per heavy atom. The minimum absolute atomic E-state index is 0.0296. The first-order chi connectivity index (χ1) is 12.7. The van der Waals surface area contributed by atoms with Crippen LogP contribution in [0.1, 0.15) is 37.8 Å². The Bertz CT molecular complexity index is 721. The van der Waals surface area contributed by atoms with E-state index in [4.69, 9.17) is 4.74 Å². The first kappa shape index (κ1) is 19.9. The van der Waals surface area contributed by atoms with Crippen LogP contribution in [-0.4, -0.2) is 43.1 Å². The van der Waals surface area contributed by atoms with Gasteiger partial charge in [-0.2, -0.15) is 13.2 Å². The first-order valence-corrected chi connectivity index (χ1v) is 9.47. The summed E-state index contributed by atoms with van der Waals surface area (Å²) in [6.07, 6.45) is -1.88. The summed E-state index contributed by atoms with van der Waals surface area (Å²) < 4.78 is 42.0. The lowest BCUT2D eigenvalue weighted by molar-refractivity contribution is -0.136. The molecule has 1 atom stereocenters. The molecule has 0 aromatic heterocycles. The third-order valence-electron chi connectivity index (χ3n) is 5.43. The lowest BCUT2D eigenvalue weighted by Gasteiger charge is -2.39. The zero-order chi connectivity index (χ0) is 19.6. The summed E-state index contributed by atoms with van der Waals surface area (Å²) in [6.45, 7) is 6.49. The Kier molecular flexibility index (Phi) is 5.94. The number of ketones is 1. The number of nitrogens with zero attached hydrogens (tertiary/aromatic N) is 1. The van der Waals surface area contributed by atoms with Crippen molar-refractivity contribution in [1.29, 1.82) is 0 Å². The van der Waals surface area contributed by atoms with Gasteiger partial charge in [0.1, 0.15) is 11.5 Å². The molecule has 2 aliphatic rings. The molecule has 3 rings (SSSR count). The highest BCUT2D eigenvalue weighted by Crippen LogP contribution is 2.32. The molecule has 0 N–H and O–H groups in total. The van der Waals surface area contributed by atoms with E-state index >= 15 is 0 Å². The molecule has 1 aromatic carbocycles. The number of likely N-dealkylation sites (tertiary alicyclic amines) is 1. The van der Waals surface area contributed by atoms with Crippen molar-refractivity contribution in [2.45, 2.75) is 39.3 Å². The van der Waals surface area contributed by atoms with Gasteiger partial charge in [-0.05, 0) is 48.9 Å². The van der Waals surface area contributed by atoms with Crippen LogP contribution in [0.3, 0.4) is 0 Å². The summed E-state index contributed by atoms with van der Waals surface area (Å²) in [7, 11) is 0. The van der Waals surface area contributed by atoms with Crippen molar-refractivity contribution in [3.8, 4) is 5.75 Å². The van der Waals surface area contributed by atoms with Crippen LogP contribution in [0.4, 0.5) is 13.2 Å². The second-order valence-electron chi connectivity index (χ2n) is 7.75. The fourth-order valence-corrected chi connectivity index (χ4v) is 3.67. The average Bonchev–Trinajstić information content (AvgIpc) is 2.53. The molecule has 0 saturated carbocycles. The Balaban J connectivity index is 1.56. The van der Waals surface area contributed by atoms with Gasteiger partial charge in [0.15, 0.2) is 0 Å². The van der Waals surface area contributed by atoms with E-state index in [2.05, 4.69) is 17.9 Å². The van der Waals surface area contributed by atoms with E-state index in [0.29, 0.717) is 11.7 Å².